The molecule has 1 N–H and O–H groups in total. The second-order valence-electron chi connectivity index (χ2n) is 6.79. The Balaban J connectivity index is 1.48. The molecule has 164 valence electrons. The van der Waals surface area contributed by atoms with Gasteiger partial charge in [0.2, 0.25) is 0 Å². The van der Waals surface area contributed by atoms with Crippen LogP contribution in [-0.4, -0.2) is 27.8 Å². The second kappa shape index (κ2) is 8.83. The zero-order valence-corrected chi connectivity index (χ0v) is 17.6. The van der Waals surface area contributed by atoms with Crippen molar-refractivity contribution < 1.29 is 22.7 Å². The summed E-state index contributed by atoms with van der Waals surface area (Å²) < 4.78 is 45.5. The highest BCUT2D eigenvalue weighted by atomic mass is 32.1. The quantitative estimate of drug-likeness (QED) is 0.431. The fourth-order valence-electron chi connectivity index (χ4n) is 3.04. The van der Waals surface area contributed by atoms with Crippen molar-refractivity contribution in [2.24, 2.45) is 0 Å². The topological polar surface area (TPSA) is 69.0 Å². The first-order chi connectivity index (χ1) is 15.3. The molecule has 4 rings (SSSR count). The SMILES string of the molecule is COc1cn(-c2ccccc2)nc1C(=O)Nc1ncc(Cc2cccc(C(F)(F)F)c2)s1. The van der Waals surface area contributed by atoms with E-state index in [0.29, 0.717) is 21.3 Å². The van der Waals surface area contributed by atoms with Crippen molar-refractivity contribution in [2.75, 3.05) is 12.4 Å². The summed E-state index contributed by atoms with van der Waals surface area (Å²) in [6.45, 7) is 0. The number of rotatable bonds is 6. The zero-order valence-electron chi connectivity index (χ0n) is 16.8. The van der Waals surface area contributed by atoms with E-state index in [2.05, 4.69) is 15.4 Å². The number of hydrogen-bond acceptors (Lipinski definition) is 5. The number of benzene rings is 2. The molecule has 0 atom stereocenters. The number of alkyl halides is 3. The van der Waals surface area contributed by atoms with E-state index >= 15 is 0 Å². The lowest BCUT2D eigenvalue weighted by Gasteiger charge is -2.07. The van der Waals surface area contributed by atoms with E-state index in [9.17, 15) is 18.0 Å². The number of hydrogen-bond donors (Lipinski definition) is 1. The van der Waals surface area contributed by atoms with Crippen LogP contribution in [0.15, 0.2) is 67.0 Å². The van der Waals surface area contributed by atoms with Gasteiger partial charge in [-0.3, -0.25) is 10.1 Å². The lowest BCUT2D eigenvalue weighted by atomic mass is 10.1. The van der Waals surface area contributed by atoms with E-state index in [1.165, 1.54) is 35.4 Å². The number of ether oxygens (including phenoxy) is 1. The van der Waals surface area contributed by atoms with Crippen LogP contribution in [0.4, 0.5) is 18.3 Å². The minimum absolute atomic E-state index is 0.0889. The monoisotopic (exact) mass is 458 g/mol. The second-order valence-corrected chi connectivity index (χ2v) is 7.90. The van der Waals surface area contributed by atoms with Crippen molar-refractivity contribution in [3.05, 3.63) is 88.7 Å². The molecule has 0 radical (unpaired) electrons. The Labute approximate surface area is 185 Å². The van der Waals surface area contributed by atoms with E-state index in [4.69, 9.17) is 4.74 Å². The lowest BCUT2D eigenvalue weighted by Crippen LogP contribution is -2.14. The number of nitrogens with one attached hydrogen (secondary N) is 1. The molecule has 0 saturated heterocycles. The summed E-state index contributed by atoms with van der Waals surface area (Å²) in [5.41, 5.74) is 0.659. The van der Waals surface area contributed by atoms with Crippen LogP contribution in [0.25, 0.3) is 5.69 Å². The van der Waals surface area contributed by atoms with Gasteiger partial charge in [0.25, 0.3) is 5.91 Å². The summed E-state index contributed by atoms with van der Waals surface area (Å²) >= 11 is 1.18. The summed E-state index contributed by atoms with van der Waals surface area (Å²) in [5.74, 6) is -0.205. The van der Waals surface area contributed by atoms with E-state index < -0.39 is 17.6 Å². The number of amides is 1. The number of thiazole rings is 1. The fraction of sp³-hybridized carbons (Fsp3) is 0.136. The Bertz CT molecular complexity index is 1240. The molecular formula is C22H17F3N4O2S. The zero-order chi connectivity index (χ0) is 22.7. The van der Waals surface area contributed by atoms with Crippen molar-refractivity contribution in [1.82, 2.24) is 14.8 Å². The molecule has 2 heterocycles. The summed E-state index contributed by atoms with van der Waals surface area (Å²) in [7, 11) is 1.44. The minimum atomic E-state index is -4.40. The van der Waals surface area contributed by atoms with E-state index in [1.54, 1.807) is 12.3 Å². The van der Waals surface area contributed by atoms with Gasteiger partial charge in [-0.15, -0.1) is 11.3 Å². The first-order valence-electron chi connectivity index (χ1n) is 9.45. The van der Waals surface area contributed by atoms with Crippen LogP contribution < -0.4 is 10.1 Å². The Kier molecular flexibility index (Phi) is 5.95. The molecule has 1 amide bonds. The number of carbonyl (C=O) groups excluding carboxylic acids is 1. The predicted octanol–water partition coefficient (Wildman–Crippen LogP) is 5.20. The van der Waals surface area contributed by atoms with Crippen molar-refractivity contribution in [1.29, 1.82) is 0 Å². The molecule has 0 spiro atoms. The molecule has 10 heteroatoms. The Morgan fingerprint density at radius 1 is 1.16 bits per heavy atom. The highest BCUT2D eigenvalue weighted by Crippen LogP contribution is 2.31. The largest absolute Gasteiger partial charge is 0.493 e. The third-order valence-electron chi connectivity index (χ3n) is 4.54. The van der Waals surface area contributed by atoms with Crippen molar-refractivity contribution in [2.45, 2.75) is 12.6 Å². The molecular weight excluding hydrogens is 441 g/mol. The van der Waals surface area contributed by atoms with E-state index in [0.717, 1.165) is 17.8 Å². The van der Waals surface area contributed by atoms with Crippen LogP contribution in [0.3, 0.4) is 0 Å². The summed E-state index contributed by atoms with van der Waals surface area (Å²) in [6, 6.07) is 14.4. The average Bonchev–Trinajstić information content (AvgIpc) is 3.41. The highest BCUT2D eigenvalue weighted by Gasteiger charge is 2.30. The third-order valence-corrected chi connectivity index (χ3v) is 5.46. The van der Waals surface area contributed by atoms with Crippen molar-refractivity contribution in [3.63, 3.8) is 0 Å². The molecule has 0 aliphatic carbocycles. The van der Waals surface area contributed by atoms with Gasteiger partial charge in [-0.1, -0.05) is 36.4 Å². The maximum Gasteiger partial charge on any atom is 0.416 e. The van der Waals surface area contributed by atoms with Gasteiger partial charge in [0.05, 0.1) is 24.6 Å². The van der Waals surface area contributed by atoms with Gasteiger partial charge in [-0.05, 0) is 23.8 Å². The predicted molar refractivity (Wildman–Crippen MR) is 114 cm³/mol. The molecule has 0 bridgehead atoms. The van der Waals surface area contributed by atoms with Gasteiger partial charge < -0.3 is 4.74 Å². The number of para-hydroxylation sites is 1. The number of aromatic nitrogens is 3. The lowest BCUT2D eigenvalue weighted by molar-refractivity contribution is -0.137. The third kappa shape index (κ3) is 4.80. The minimum Gasteiger partial charge on any atom is -0.493 e. The molecule has 32 heavy (non-hydrogen) atoms. The summed E-state index contributed by atoms with van der Waals surface area (Å²) in [5, 5.41) is 7.29. The van der Waals surface area contributed by atoms with Gasteiger partial charge in [0.1, 0.15) is 0 Å². The van der Waals surface area contributed by atoms with Gasteiger partial charge in [0.15, 0.2) is 16.6 Å². The summed E-state index contributed by atoms with van der Waals surface area (Å²) in [4.78, 5) is 17.6. The maximum absolute atomic E-state index is 12.9. The van der Waals surface area contributed by atoms with Gasteiger partial charge in [0, 0.05) is 17.5 Å². The molecule has 0 unspecified atom stereocenters. The van der Waals surface area contributed by atoms with Crippen LogP contribution in [0.1, 0.15) is 26.5 Å². The normalized spacial score (nSPS) is 11.4. The Hall–Kier alpha value is -3.66. The molecule has 0 fully saturated rings. The number of carbonyl (C=O) groups is 1. The van der Waals surface area contributed by atoms with E-state index in [1.807, 2.05) is 30.3 Å². The maximum atomic E-state index is 12.9. The van der Waals surface area contributed by atoms with Crippen LogP contribution in [-0.2, 0) is 12.6 Å². The van der Waals surface area contributed by atoms with E-state index in [-0.39, 0.29) is 12.1 Å². The smallest absolute Gasteiger partial charge is 0.416 e. The number of halogens is 3. The van der Waals surface area contributed by atoms with Gasteiger partial charge >= 0.3 is 6.18 Å². The van der Waals surface area contributed by atoms with Crippen LogP contribution in [0.5, 0.6) is 5.75 Å². The molecule has 6 nitrogen and oxygen atoms in total. The standard InChI is InChI=1S/C22H17F3N4O2S/c1-31-18-13-29(16-8-3-2-4-9-16)28-19(18)20(30)27-21-26-12-17(32-21)11-14-6-5-7-15(10-14)22(23,24)25/h2-10,12-13H,11H2,1H3,(H,26,27,30). The fourth-order valence-corrected chi connectivity index (χ4v) is 3.88. The number of nitrogens with zero attached hydrogens (tertiary/aromatic N) is 3. The van der Waals surface area contributed by atoms with Gasteiger partial charge in [-0.25, -0.2) is 9.67 Å². The number of methoxy groups -OCH3 is 1. The average molecular weight is 458 g/mol. The molecule has 0 saturated carbocycles. The number of anilines is 1. The Morgan fingerprint density at radius 2 is 1.94 bits per heavy atom. The first-order valence-corrected chi connectivity index (χ1v) is 10.3. The molecule has 4 aromatic rings. The molecule has 0 aliphatic rings. The highest BCUT2D eigenvalue weighted by molar-refractivity contribution is 7.15. The molecule has 2 aromatic carbocycles. The first kappa shape index (κ1) is 21.6. The summed E-state index contributed by atoms with van der Waals surface area (Å²) in [6.07, 6.45) is -1.00. The molecule has 0 aliphatic heterocycles. The van der Waals surface area contributed by atoms with Crippen LogP contribution in [0.2, 0.25) is 0 Å². The molecule has 2 aromatic heterocycles. The van der Waals surface area contributed by atoms with Gasteiger partial charge in [-0.2, -0.15) is 18.3 Å². The van der Waals surface area contributed by atoms with Crippen molar-refractivity contribution in [3.8, 4) is 11.4 Å². The van der Waals surface area contributed by atoms with Crippen LogP contribution >= 0.6 is 11.3 Å². The Morgan fingerprint density at radius 3 is 2.66 bits per heavy atom. The van der Waals surface area contributed by atoms with Crippen LogP contribution in [0, 0.1) is 0 Å². The van der Waals surface area contributed by atoms with Crippen molar-refractivity contribution >= 4 is 22.4 Å².